The number of benzene rings is 2. The van der Waals surface area contributed by atoms with Crippen LogP contribution < -0.4 is 5.73 Å². The van der Waals surface area contributed by atoms with E-state index in [0.717, 1.165) is 11.6 Å². The van der Waals surface area contributed by atoms with Crippen LogP contribution in [0, 0.1) is 5.41 Å². The van der Waals surface area contributed by atoms with E-state index in [4.69, 9.17) is 11.1 Å². The molecule has 2 aromatic carbocycles. The van der Waals surface area contributed by atoms with Crippen LogP contribution in [0.3, 0.4) is 0 Å². The van der Waals surface area contributed by atoms with Crippen LogP contribution in [0.4, 0.5) is 13.2 Å². The summed E-state index contributed by atoms with van der Waals surface area (Å²) in [4.78, 5) is 4.11. The third-order valence-electron chi connectivity index (χ3n) is 3.78. The van der Waals surface area contributed by atoms with E-state index in [-0.39, 0.29) is 17.2 Å². The zero-order valence-electron chi connectivity index (χ0n) is 13.1. The molecular weight excluding hydrogens is 329 g/mol. The molecule has 0 aliphatic carbocycles. The predicted octanol–water partition coefficient (Wildman–Crippen LogP) is 3.90. The molecule has 0 unspecified atom stereocenters. The number of rotatable bonds is 4. The van der Waals surface area contributed by atoms with Crippen LogP contribution in [0.1, 0.15) is 16.7 Å². The Hall–Kier alpha value is -3.09. The first kappa shape index (κ1) is 16.8. The molecule has 4 nitrogen and oxygen atoms in total. The Morgan fingerprint density at radius 1 is 1.12 bits per heavy atom. The van der Waals surface area contributed by atoms with Crippen molar-refractivity contribution in [3.05, 3.63) is 77.6 Å². The SMILES string of the molecule is N=C(N)c1cccc(Cn2ccnc2-c2ccccc2C(F)(F)F)c1. The monoisotopic (exact) mass is 344 g/mol. The van der Waals surface area contributed by atoms with E-state index in [9.17, 15) is 13.2 Å². The van der Waals surface area contributed by atoms with Crippen molar-refractivity contribution < 1.29 is 13.2 Å². The zero-order valence-corrected chi connectivity index (χ0v) is 13.1. The van der Waals surface area contributed by atoms with Crippen LogP contribution >= 0.6 is 0 Å². The number of amidine groups is 1. The molecule has 3 N–H and O–H groups in total. The smallest absolute Gasteiger partial charge is 0.384 e. The van der Waals surface area contributed by atoms with Crippen LogP contribution in [-0.2, 0) is 12.7 Å². The minimum absolute atomic E-state index is 0.0303. The van der Waals surface area contributed by atoms with E-state index in [1.54, 1.807) is 35.0 Å². The van der Waals surface area contributed by atoms with E-state index in [1.807, 2.05) is 6.07 Å². The molecule has 128 valence electrons. The van der Waals surface area contributed by atoms with Crippen molar-refractivity contribution in [1.29, 1.82) is 5.41 Å². The molecule has 0 saturated heterocycles. The molecule has 1 heterocycles. The van der Waals surface area contributed by atoms with Crippen LogP contribution in [0.2, 0.25) is 0 Å². The molecule has 7 heteroatoms. The van der Waals surface area contributed by atoms with Crippen molar-refractivity contribution in [1.82, 2.24) is 9.55 Å². The van der Waals surface area contributed by atoms with Crippen LogP contribution in [-0.4, -0.2) is 15.4 Å². The summed E-state index contributed by atoms with van der Waals surface area (Å²) >= 11 is 0. The Morgan fingerprint density at radius 2 is 1.88 bits per heavy atom. The lowest BCUT2D eigenvalue weighted by molar-refractivity contribution is -0.137. The molecule has 1 aromatic heterocycles. The topological polar surface area (TPSA) is 67.7 Å². The fourth-order valence-electron chi connectivity index (χ4n) is 2.64. The molecule has 0 radical (unpaired) electrons. The number of alkyl halides is 3. The Balaban J connectivity index is 2.00. The molecule has 0 bridgehead atoms. The van der Waals surface area contributed by atoms with E-state index in [0.29, 0.717) is 12.1 Å². The van der Waals surface area contributed by atoms with Crippen molar-refractivity contribution in [2.75, 3.05) is 0 Å². The summed E-state index contributed by atoms with van der Waals surface area (Å²) in [5.74, 6) is 0.177. The molecular formula is C18H15F3N4. The zero-order chi connectivity index (χ0) is 18.0. The summed E-state index contributed by atoms with van der Waals surface area (Å²) in [5.41, 5.74) is 6.17. The summed E-state index contributed by atoms with van der Waals surface area (Å²) < 4.78 is 41.4. The maximum absolute atomic E-state index is 13.3. The minimum Gasteiger partial charge on any atom is -0.384 e. The highest BCUT2D eigenvalue weighted by Crippen LogP contribution is 2.36. The Bertz CT molecular complexity index is 912. The highest BCUT2D eigenvalue weighted by molar-refractivity contribution is 5.95. The quantitative estimate of drug-likeness (QED) is 0.557. The summed E-state index contributed by atoms with van der Waals surface area (Å²) in [6.45, 7) is 0.322. The van der Waals surface area contributed by atoms with Gasteiger partial charge in [-0.2, -0.15) is 13.2 Å². The number of imidazole rings is 1. The van der Waals surface area contributed by atoms with Crippen molar-refractivity contribution in [2.24, 2.45) is 5.73 Å². The highest BCUT2D eigenvalue weighted by atomic mass is 19.4. The second-order valence-corrected chi connectivity index (χ2v) is 5.54. The largest absolute Gasteiger partial charge is 0.417 e. The van der Waals surface area contributed by atoms with Gasteiger partial charge in [0.1, 0.15) is 11.7 Å². The van der Waals surface area contributed by atoms with E-state index >= 15 is 0 Å². The number of nitrogens with one attached hydrogen (secondary N) is 1. The lowest BCUT2D eigenvalue weighted by Crippen LogP contribution is -2.12. The maximum Gasteiger partial charge on any atom is 0.417 e. The van der Waals surface area contributed by atoms with Gasteiger partial charge in [-0.15, -0.1) is 0 Å². The average molecular weight is 344 g/mol. The van der Waals surface area contributed by atoms with E-state index in [2.05, 4.69) is 4.98 Å². The molecule has 0 spiro atoms. The number of nitrogen functional groups attached to an aromatic ring is 1. The average Bonchev–Trinajstić information content (AvgIpc) is 3.02. The van der Waals surface area contributed by atoms with Gasteiger partial charge in [-0.05, 0) is 17.7 Å². The predicted molar refractivity (Wildman–Crippen MR) is 89.2 cm³/mol. The van der Waals surface area contributed by atoms with Gasteiger partial charge >= 0.3 is 6.18 Å². The van der Waals surface area contributed by atoms with Crippen molar-refractivity contribution in [2.45, 2.75) is 12.7 Å². The molecule has 3 aromatic rings. The van der Waals surface area contributed by atoms with E-state index in [1.165, 1.54) is 18.3 Å². The van der Waals surface area contributed by atoms with Gasteiger partial charge in [0.05, 0.1) is 5.56 Å². The fraction of sp³-hybridized carbons (Fsp3) is 0.111. The first-order chi connectivity index (χ1) is 11.9. The summed E-state index contributed by atoms with van der Waals surface area (Å²) in [6, 6.07) is 12.4. The van der Waals surface area contributed by atoms with Gasteiger partial charge < -0.3 is 10.3 Å². The van der Waals surface area contributed by atoms with E-state index < -0.39 is 11.7 Å². The molecule has 0 amide bonds. The van der Waals surface area contributed by atoms with Crippen LogP contribution in [0.15, 0.2) is 60.9 Å². The molecule has 0 fully saturated rings. The fourth-order valence-corrected chi connectivity index (χ4v) is 2.64. The molecule has 0 atom stereocenters. The molecule has 0 aliphatic rings. The number of hydrogen-bond donors (Lipinski definition) is 2. The lowest BCUT2D eigenvalue weighted by Gasteiger charge is -2.14. The lowest BCUT2D eigenvalue weighted by atomic mass is 10.1. The van der Waals surface area contributed by atoms with Crippen LogP contribution in [0.25, 0.3) is 11.4 Å². The Labute approximate surface area is 142 Å². The van der Waals surface area contributed by atoms with Gasteiger partial charge in [-0.25, -0.2) is 4.98 Å². The van der Waals surface area contributed by atoms with Gasteiger partial charge in [0, 0.05) is 30.1 Å². The highest BCUT2D eigenvalue weighted by Gasteiger charge is 2.34. The number of nitrogens with zero attached hydrogens (tertiary/aromatic N) is 2. The van der Waals surface area contributed by atoms with Crippen molar-refractivity contribution in [3.8, 4) is 11.4 Å². The second kappa shape index (κ2) is 6.43. The maximum atomic E-state index is 13.3. The minimum atomic E-state index is -4.46. The molecule has 25 heavy (non-hydrogen) atoms. The first-order valence-electron chi connectivity index (χ1n) is 7.47. The molecule has 0 saturated carbocycles. The second-order valence-electron chi connectivity index (χ2n) is 5.54. The van der Waals surface area contributed by atoms with Gasteiger partial charge in [0.15, 0.2) is 0 Å². The Kier molecular flexibility index (Phi) is 4.31. The standard InChI is InChI=1S/C18H15F3N4/c19-18(20,21)15-7-2-1-6-14(15)17-24-8-9-25(17)11-12-4-3-5-13(10-12)16(22)23/h1-10H,11H2,(H3,22,23). The van der Waals surface area contributed by atoms with Gasteiger partial charge in [-0.3, -0.25) is 5.41 Å². The third-order valence-corrected chi connectivity index (χ3v) is 3.78. The van der Waals surface area contributed by atoms with Gasteiger partial charge in [0.25, 0.3) is 0 Å². The number of halogens is 3. The van der Waals surface area contributed by atoms with Crippen molar-refractivity contribution in [3.63, 3.8) is 0 Å². The number of aromatic nitrogens is 2. The number of nitrogens with two attached hydrogens (primary N) is 1. The summed E-state index contributed by atoms with van der Waals surface area (Å²) in [5, 5.41) is 7.49. The van der Waals surface area contributed by atoms with Gasteiger partial charge in [-0.1, -0.05) is 36.4 Å². The summed E-state index contributed by atoms with van der Waals surface area (Å²) in [6.07, 6.45) is -1.36. The molecule has 0 aliphatic heterocycles. The summed E-state index contributed by atoms with van der Waals surface area (Å²) in [7, 11) is 0. The van der Waals surface area contributed by atoms with Gasteiger partial charge in [0.2, 0.25) is 0 Å². The van der Waals surface area contributed by atoms with Crippen molar-refractivity contribution >= 4 is 5.84 Å². The third kappa shape index (κ3) is 3.55. The first-order valence-corrected chi connectivity index (χ1v) is 7.47. The Morgan fingerprint density at radius 3 is 2.60 bits per heavy atom. The number of hydrogen-bond acceptors (Lipinski definition) is 2. The normalized spacial score (nSPS) is 11.5. The van der Waals surface area contributed by atoms with Crippen LogP contribution in [0.5, 0.6) is 0 Å². The molecule has 3 rings (SSSR count).